The molecule has 5 rings (SSSR count). The van der Waals surface area contributed by atoms with Gasteiger partial charge >= 0.3 is 0 Å². The Morgan fingerprint density at radius 2 is 1.61 bits per heavy atom. The number of thiocarbonyl (C=S) groups is 1. The Labute approximate surface area is 225 Å². The van der Waals surface area contributed by atoms with E-state index in [4.69, 9.17) is 35.9 Å². The van der Waals surface area contributed by atoms with E-state index in [0.717, 1.165) is 5.56 Å². The van der Waals surface area contributed by atoms with E-state index >= 15 is 0 Å². The maximum Gasteiger partial charge on any atom is 0.260 e. The second kappa shape index (κ2) is 9.68. The molecule has 2 aliphatic heterocycles. The van der Waals surface area contributed by atoms with Crippen LogP contribution in [0, 0.1) is 5.82 Å². The lowest BCUT2D eigenvalue weighted by molar-refractivity contribution is 0.0162. The van der Waals surface area contributed by atoms with Crippen LogP contribution in [-0.2, 0) is 0 Å². The molecule has 38 heavy (non-hydrogen) atoms. The smallest absolute Gasteiger partial charge is 0.260 e. The molecule has 10 heteroatoms. The van der Waals surface area contributed by atoms with Gasteiger partial charge in [0.25, 0.3) is 5.91 Å². The van der Waals surface area contributed by atoms with Crippen molar-refractivity contribution in [2.24, 2.45) is 0 Å². The van der Waals surface area contributed by atoms with E-state index in [-0.39, 0.29) is 16.8 Å². The molecule has 2 heterocycles. The van der Waals surface area contributed by atoms with Crippen LogP contribution in [0.4, 0.5) is 10.1 Å². The molecule has 8 nitrogen and oxygen atoms in total. The molecule has 2 atom stereocenters. The first kappa shape index (κ1) is 25.6. The van der Waals surface area contributed by atoms with Crippen LogP contribution in [0.5, 0.6) is 28.7 Å². The summed E-state index contributed by atoms with van der Waals surface area (Å²) in [4.78, 5) is 17.6. The van der Waals surface area contributed by atoms with E-state index in [0.29, 0.717) is 46.4 Å². The SMILES string of the molecule is COc1cc(C(=O)N2C(=S)N(c3ccc(F)cc3)[C@]3(C)C[C@H]2c2cccc(OC)c2O3)cc(OC)c1OC. The van der Waals surface area contributed by atoms with Crippen molar-refractivity contribution < 1.29 is 32.9 Å². The Balaban J connectivity index is 1.70. The summed E-state index contributed by atoms with van der Waals surface area (Å²) >= 11 is 5.97. The van der Waals surface area contributed by atoms with Gasteiger partial charge in [0.05, 0.1) is 34.5 Å². The monoisotopic (exact) mass is 538 g/mol. The lowest BCUT2D eigenvalue weighted by atomic mass is 9.88. The zero-order chi connectivity index (χ0) is 27.2. The number of fused-ring (bicyclic) bond motifs is 4. The van der Waals surface area contributed by atoms with Crippen LogP contribution < -0.4 is 28.6 Å². The van der Waals surface area contributed by atoms with Gasteiger partial charge in [-0.3, -0.25) is 14.6 Å². The quantitative estimate of drug-likeness (QED) is 0.389. The number of anilines is 1. The molecule has 1 amide bonds. The van der Waals surface area contributed by atoms with Crippen LogP contribution in [-0.4, -0.2) is 50.1 Å². The number of ether oxygens (including phenoxy) is 5. The number of hydrogen-bond acceptors (Lipinski definition) is 7. The number of halogens is 1. The molecule has 0 aromatic heterocycles. The van der Waals surface area contributed by atoms with Gasteiger partial charge in [0, 0.05) is 23.2 Å². The molecule has 3 aromatic carbocycles. The predicted octanol–water partition coefficient (Wildman–Crippen LogP) is 5.35. The molecular formula is C28H27FN2O6S. The minimum atomic E-state index is -0.979. The first-order valence-electron chi connectivity index (χ1n) is 11.9. The van der Waals surface area contributed by atoms with Crippen LogP contribution in [0.25, 0.3) is 0 Å². The van der Waals surface area contributed by atoms with Gasteiger partial charge in [-0.25, -0.2) is 4.39 Å². The van der Waals surface area contributed by atoms with Crippen LogP contribution in [0.2, 0.25) is 0 Å². The average Bonchev–Trinajstić information content (AvgIpc) is 2.92. The third kappa shape index (κ3) is 3.96. The highest BCUT2D eigenvalue weighted by molar-refractivity contribution is 7.80. The predicted molar refractivity (Wildman–Crippen MR) is 143 cm³/mol. The van der Waals surface area contributed by atoms with Crippen molar-refractivity contribution in [1.82, 2.24) is 4.90 Å². The third-order valence-corrected chi connectivity index (χ3v) is 7.26. The standard InChI is InChI=1S/C28H27FN2O6S/c1-28-15-20(19-7-6-8-21(33-2)24(19)37-28)30(27(38)31(28)18-11-9-17(29)10-12-18)26(32)16-13-22(34-3)25(36-5)23(14-16)35-4/h6-14,20H,15H2,1-5H3/t20-,28-/m0/s1. The lowest BCUT2D eigenvalue weighted by Crippen LogP contribution is -2.67. The molecule has 2 bridgehead atoms. The van der Waals surface area contributed by atoms with Crippen LogP contribution in [0.1, 0.15) is 35.3 Å². The summed E-state index contributed by atoms with van der Waals surface area (Å²) in [5.41, 5.74) is 0.662. The Kier molecular flexibility index (Phi) is 6.52. The fourth-order valence-corrected chi connectivity index (χ4v) is 5.66. The highest BCUT2D eigenvalue weighted by atomic mass is 32.1. The minimum absolute atomic E-state index is 0.211. The van der Waals surface area contributed by atoms with Crippen molar-refractivity contribution >= 4 is 28.9 Å². The molecular weight excluding hydrogens is 511 g/mol. The summed E-state index contributed by atoms with van der Waals surface area (Å²) in [5, 5.41) is 0.211. The van der Waals surface area contributed by atoms with Crippen LogP contribution in [0.3, 0.4) is 0 Å². The first-order valence-corrected chi connectivity index (χ1v) is 12.3. The van der Waals surface area contributed by atoms with Gasteiger partial charge in [0.1, 0.15) is 5.82 Å². The number of methoxy groups -OCH3 is 4. The fraction of sp³-hybridized carbons (Fsp3) is 0.286. The van der Waals surface area contributed by atoms with E-state index < -0.39 is 11.8 Å². The van der Waals surface area contributed by atoms with Gasteiger partial charge in [0.15, 0.2) is 33.8 Å². The Morgan fingerprint density at radius 1 is 0.974 bits per heavy atom. The van der Waals surface area contributed by atoms with Crippen LogP contribution >= 0.6 is 12.2 Å². The van der Waals surface area contributed by atoms with E-state index in [1.165, 1.54) is 33.5 Å². The molecule has 0 aliphatic carbocycles. The number of amides is 1. The van der Waals surface area contributed by atoms with Crippen molar-refractivity contribution in [3.63, 3.8) is 0 Å². The molecule has 0 saturated carbocycles. The summed E-state index contributed by atoms with van der Waals surface area (Å²) in [5.74, 6) is 1.34. The van der Waals surface area contributed by atoms with Crippen molar-refractivity contribution in [2.75, 3.05) is 33.3 Å². The molecule has 0 unspecified atom stereocenters. The van der Waals surface area contributed by atoms with Crippen LogP contribution in [0.15, 0.2) is 54.6 Å². The molecule has 198 valence electrons. The zero-order valence-corrected chi connectivity index (χ0v) is 22.4. The number of hydrogen-bond donors (Lipinski definition) is 0. The number of carbonyl (C=O) groups excluding carboxylic acids is 1. The van der Waals surface area contributed by atoms with Gasteiger partial charge in [-0.1, -0.05) is 12.1 Å². The van der Waals surface area contributed by atoms with Crippen molar-refractivity contribution in [2.45, 2.75) is 25.1 Å². The van der Waals surface area contributed by atoms with Gasteiger partial charge in [-0.15, -0.1) is 0 Å². The van der Waals surface area contributed by atoms with E-state index in [1.54, 1.807) is 47.2 Å². The number of carbonyl (C=O) groups is 1. The molecule has 2 aliphatic rings. The maximum atomic E-state index is 14.3. The normalized spacial score (nSPS) is 19.8. The Morgan fingerprint density at radius 3 is 2.18 bits per heavy atom. The van der Waals surface area contributed by atoms with Gasteiger partial charge < -0.3 is 23.7 Å². The number of nitrogens with zero attached hydrogens (tertiary/aromatic N) is 2. The molecule has 3 aromatic rings. The van der Waals surface area contributed by atoms with Gasteiger partial charge in [-0.05, 0) is 61.6 Å². The number of rotatable bonds is 6. The summed E-state index contributed by atoms with van der Waals surface area (Å²) in [7, 11) is 6.03. The summed E-state index contributed by atoms with van der Waals surface area (Å²) in [6, 6.07) is 14.2. The van der Waals surface area contributed by atoms with Crippen molar-refractivity contribution in [1.29, 1.82) is 0 Å². The molecule has 0 N–H and O–H groups in total. The second-order valence-electron chi connectivity index (χ2n) is 9.06. The number of benzene rings is 3. The minimum Gasteiger partial charge on any atom is -0.493 e. The zero-order valence-electron chi connectivity index (χ0n) is 21.6. The van der Waals surface area contributed by atoms with E-state index in [2.05, 4.69) is 0 Å². The number of para-hydroxylation sites is 1. The van der Waals surface area contributed by atoms with Crippen molar-refractivity contribution in [3.05, 3.63) is 71.5 Å². The highest BCUT2D eigenvalue weighted by Gasteiger charge is 2.54. The average molecular weight is 539 g/mol. The van der Waals surface area contributed by atoms with Gasteiger partial charge in [-0.2, -0.15) is 0 Å². The van der Waals surface area contributed by atoms with Gasteiger partial charge in [0.2, 0.25) is 5.75 Å². The molecule has 0 spiro atoms. The first-order chi connectivity index (χ1) is 18.3. The molecule has 0 radical (unpaired) electrons. The Bertz CT molecular complexity index is 1390. The largest absolute Gasteiger partial charge is 0.493 e. The summed E-state index contributed by atoms with van der Waals surface area (Å²) in [6.45, 7) is 1.90. The van der Waals surface area contributed by atoms with Crippen molar-refractivity contribution in [3.8, 4) is 28.7 Å². The third-order valence-electron chi connectivity index (χ3n) is 6.88. The highest BCUT2D eigenvalue weighted by Crippen LogP contribution is 2.53. The summed E-state index contributed by atoms with van der Waals surface area (Å²) in [6.07, 6.45) is 0.390. The molecule has 1 saturated heterocycles. The molecule has 1 fully saturated rings. The van der Waals surface area contributed by atoms with E-state index in [9.17, 15) is 9.18 Å². The summed E-state index contributed by atoms with van der Waals surface area (Å²) < 4.78 is 42.3. The maximum absolute atomic E-state index is 14.3. The topological polar surface area (TPSA) is 69.7 Å². The second-order valence-corrected chi connectivity index (χ2v) is 9.42. The van der Waals surface area contributed by atoms with E-state index in [1.807, 2.05) is 19.1 Å². The lowest BCUT2D eigenvalue weighted by Gasteiger charge is -2.55. The Hall–Kier alpha value is -4.05. The fourth-order valence-electron chi connectivity index (χ4n) is 5.15.